The highest BCUT2D eigenvalue weighted by Gasteiger charge is 2.58. The van der Waals surface area contributed by atoms with Crippen molar-refractivity contribution in [1.82, 2.24) is 0 Å². The minimum atomic E-state index is -5.72. The smallest absolute Gasteiger partial charge is 0.463 e. The Labute approximate surface area is 592 Å². The molecule has 19 unspecified atom stereocenters. The molecule has 0 bridgehead atoms. The molecule has 0 aromatic heterocycles. The molecule has 0 aromatic rings. The van der Waals surface area contributed by atoms with Crippen molar-refractivity contribution < 1.29 is 117 Å². The van der Waals surface area contributed by atoms with Gasteiger partial charge in [0.15, 0.2) is 18.7 Å². The predicted octanol–water partition coefficient (Wildman–Crippen LogP) is 10.8. The van der Waals surface area contributed by atoms with Crippen molar-refractivity contribution in [3.8, 4) is 0 Å². The molecule has 580 valence electrons. The first-order chi connectivity index (χ1) is 47.7. The van der Waals surface area contributed by atoms with Crippen molar-refractivity contribution in [2.45, 2.75) is 395 Å². The van der Waals surface area contributed by atoms with Crippen LogP contribution in [-0.2, 0) is 61.2 Å². The molecule has 3 fully saturated rings. The summed E-state index contributed by atoms with van der Waals surface area (Å²) in [5.74, 6) is -1.55. The van der Waals surface area contributed by atoms with Crippen LogP contribution in [0.15, 0.2) is 24.3 Å². The van der Waals surface area contributed by atoms with Gasteiger partial charge in [0.25, 0.3) is 0 Å². The quantitative estimate of drug-likeness (QED) is 0.00673. The molecule has 11 N–H and O–H groups in total. The number of phosphoric acid groups is 1. The summed E-state index contributed by atoms with van der Waals surface area (Å²) in [7, 11) is -5.72. The number of ether oxygens (including phenoxy) is 7. The Morgan fingerprint density at radius 3 is 1.27 bits per heavy atom. The van der Waals surface area contributed by atoms with E-state index >= 15 is 0 Å². The van der Waals surface area contributed by atoms with Crippen molar-refractivity contribution >= 4 is 25.7 Å². The SMILES string of the molecule is CCCCCCCCCCCCC/C=C/C=C/C(=O)OC(COC(=O)CCCCCCCCCCCCCCC)COP(=O)(O)OC1C(OC2OC(CO)C(O)C(O)C2O)C(O)C(O)C(O)C1OC1OC(COC(=O)CCCCCCCCC(C)CCCCCCCC)C(O)C(O)C1O. The zero-order valence-corrected chi connectivity index (χ0v) is 61.6. The second-order valence-corrected chi connectivity index (χ2v) is 29.5. The van der Waals surface area contributed by atoms with Gasteiger partial charge < -0.3 is 89.1 Å². The van der Waals surface area contributed by atoms with Crippen molar-refractivity contribution in [3.05, 3.63) is 24.3 Å². The Kier molecular flexibility index (Phi) is 50.3. The van der Waals surface area contributed by atoms with E-state index in [2.05, 4.69) is 27.7 Å². The third kappa shape index (κ3) is 38.3. The lowest BCUT2D eigenvalue weighted by Gasteiger charge is -2.49. The Hall–Kier alpha value is -2.56. The van der Waals surface area contributed by atoms with Gasteiger partial charge in [-0.1, -0.05) is 271 Å². The molecule has 2 aliphatic heterocycles. The molecule has 0 amide bonds. The Balaban J connectivity index is 1.75. The standard InChI is InChI=1S/C74H135O24P/c1-5-8-11-14-17-19-21-23-24-26-28-30-32-39-44-49-60(78)93-55(51-90-58(76)47-42-37-31-29-27-25-22-20-18-15-12-9-6-2)52-92-99(88,89)98-72-70(96-73-68(86)63(81)61(79)56(50-75)94-73)66(84)65(83)67(85)71(72)97-74-69(87)64(82)62(80)57(95-74)53-91-59(77)48-43-38-34-33-36-41-46-54(4)45-40-35-16-13-10-7-3/h32,39,44,49,54-57,61-75,79-87H,5-31,33-38,40-43,45-48,50-53H2,1-4H3,(H,88,89)/b39-32+,49-44+. The van der Waals surface area contributed by atoms with Crippen molar-refractivity contribution in [3.63, 3.8) is 0 Å². The summed E-state index contributed by atoms with van der Waals surface area (Å²) in [5.41, 5.74) is 0. The summed E-state index contributed by atoms with van der Waals surface area (Å²) in [6.07, 6.45) is 14.6. The molecular formula is C74H135O24P. The molecule has 0 radical (unpaired) electrons. The normalized spacial score (nSPS) is 27.9. The average Bonchev–Trinajstić information content (AvgIpc) is 0.761. The summed E-state index contributed by atoms with van der Waals surface area (Å²) in [6, 6.07) is 0. The van der Waals surface area contributed by atoms with Crippen LogP contribution in [0.2, 0.25) is 0 Å². The number of hydrogen-bond donors (Lipinski definition) is 11. The predicted molar refractivity (Wildman–Crippen MR) is 374 cm³/mol. The molecule has 99 heavy (non-hydrogen) atoms. The molecule has 25 heteroatoms. The van der Waals surface area contributed by atoms with E-state index in [4.69, 9.17) is 42.2 Å². The van der Waals surface area contributed by atoms with Gasteiger partial charge in [-0.25, -0.2) is 9.36 Å². The Morgan fingerprint density at radius 2 is 0.828 bits per heavy atom. The van der Waals surface area contributed by atoms with E-state index in [-0.39, 0.29) is 12.8 Å². The number of esters is 3. The first-order valence-electron chi connectivity index (χ1n) is 38.6. The van der Waals surface area contributed by atoms with Crippen LogP contribution in [0.5, 0.6) is 0 Å². The van der Waals surface area contributed by atoms with Crippen LogP contribution in [0.25, 0.3) is 0 Å². The number of phosphoric ester groups is 1. The highest BCUT2D eigenvalue weighted by molar-refractivity contribution is 7.47. The minimum absolute atomic E-state index is 0.0257. The number of allylic oxidation sites excluding steroid dienone is 3. The van der Waals surface area contributed by atoms with Crippen LogP contribution in [0.3, 0.4) is 0 Å². The molecule has 19 atom stereocenters. The average molecular weight is 1440 g/mol. The van der Waals surface area contributed by atoms with Crippen molar-refractivity contribution in [2.75, 3.05) is 26.4 Å². The molecule has 3 aliphatic rings. The molecule has 3 rings (SSSR count). The van der Waals surface area contributed by atoms with Gasteiger partial charge in [-0.2, -0.15) is 0 Å². The molecule has 0 aromatic carbocycles. The summed E-state index contributed by atoms with van der Waals surface area (Å²) in [4.78, 5) is 50.9. The van der Waals surface area contributed by atoms with E-state index in [1.54, 1.807) is 6.08 Å². The zero-order chi connectivity index (χ0) is 72.6. The number of aliphatic hydroxyl groups excluding tert-OH is 10. The second kappa shape index (κ2) is 55.0. The van der Waals surface area contributed by atoms with E-state index in [0.717, 1.165) is 96.0 Å². The maximum Gasteiger partial charge on any atom is 0.472 e. The third-order valence-corrected chi connectivity index (χ3v) is 20.2. The van der Waals surface area contributed by atoms with E-state index < -0.39 is 156 Å². The largest absolute Gasteiger partial charge is 0.472 e. The lowest BCUT2D eigenvalue weighted by molar-refractivity contribution is -0.360. The lowest BCUT2D eigenvalue weighted by Crippen LogP contribution is -2.69. The van der Waals surface area contributed by atoms with Crippen LogP contribution in [0, 0.1) is 5.92 Å². The second-order valence-electron chi connectivity index (χ2n) is 28.1. The number of rotatable bonds is 59. The summed E-state index contributed by atoms with van der Waals surface area (Å²) in [5, 5.41) is 110. The van der Waals surface area contributed by atoms with E-state index in [9.17, 15) is 74.9 Å². The lowest BCUT2D eigenvalue weighted by atomic mass is 9.84. The highest BCUT2D eigenvalue weighted by atomic mass is 31.2. The highest BCUT2D eigenvalue weighted by Crippen LogP contribution is 2.49. The number of hydrogen-bond acceptors (Lipinski definition) is 23. The van der Waals surface area contributed by atoms with Crippen LogP contribution >= 0.6 is 7.82 Å². The van der Waals surface area contributed by atoms with Crippen LogP contribution in [0.1, 0.15) is 291 Å². The summed E-state index contributed by atoms with van der Waals surface area (Å²) in [6.45, 7) is 5.66. The van der Waals surface area contributed by atoms with Crippen LogP contribution < -0.4 is 0 Å². The van der Waals surface area contributed by atoms with Gasteiger partial charge in [0, 0.05) is 18.9 Å². The maximum absolute atomic E-state index is 14.3. The molecule has 1 aliphatic carbocycles. The van der Waals surface area contributed by atoms with Gasteiger partial charge in [-0.05, 0) is 31.6 Å². The molecule has 0 spiro atoms. The Morgan fingerprint density at radius 1 is 0.444 bits per heavy atom. The molecule has 2 heterocycles. The van der Waals surface area contributed by atoms with Gasteiger partial charge in [0.2, 0.25) is 0 Å². The first kappa shape index (κ1) is 90.7. The summed E-state index contributed by atoms with van der Waals surface area (Å²) >= 11 is 0. The maximum atomic E-state index is 14.3. The number of carbonyl (C=O) groups excluding carboxylic acids is 3. The van der Waals surface area contributed by atoms with E-state index in [1.807, 2.05) is 6.08 Å². The molecular weight excluding hydrogens is 1300 g/mol. The number of unbranched alkanes of at least 4 members (excludes halogenated alkanes) is 33. The number of aliphatic hydroxyl groups is 10. The van der Waals surface area contributed by atoms with Gasteiger partial charge >= 0.3 is 25.7 Å². The topological polar surface area (TPSA) is 374 Å². The minimum Gasteiger partial charge on any atom is -0.463 e. The number of carbonyl (C=O) groups is 3. The van der Waals surface area contributed by atoms with Crippen molar-refractivity contribution in [1.29, 1.82) is 0 Å². The summed E-state index contributed by atoms with van der Waals surface area (Å²) < 4.78 is 64.8. The van der Waals surface area contributed by atoms with Gasteiger partial charge in [0.1, 0.15) is 98.7 Å². The van der Waals surface area contributed by atoms with Gasteiger partial charge in [-0.15, -0.1) is 0 Å². The zero-order valence-electron chi connectivity index (χ0n) is 60.7. The molecule has 24 nitrogen and oxygen atoms in total. The van der Waals surface area contributed by atoms with Gasteiger partial charge in [0.05, 0.1) is 13.2 Å². The molecule has 1 saturated carbocycles. The Bertz CT molecular complexity index is 2160. The monoisotopic (exact) mass is 1440 g/mol. The molecule has 2 saturated heterocycles. The van der Waals surface area contributed by atoms with E-state index in [1.165, 1.54) is 154 Å². The van der Waals surface area contributed by atoms with Crippen LogP contribution in [0.4, 0.5) is 0 Å². The fourth-order valence-corrected chi connectivity index (χ4v) is 13.8. The van der Waals surface area contributed by atoms with Gasteiger partial charge in [-0.3, -0.25) is 18.6 Å². The fourth-order valence-electron chi connectivity index (χ4n) is 12.9. The first-order valence-corrected chi connectivity index (χ1v) is 40.0. The fraction of sp³-hybridized carbons (Fsp3) is 0.905. The third-order valence-electron chi connectivity index (χ3n) is 19.2. The van der Waals surface area contributed by atoms with Crippen molar-refractivity contribution in [2.24, 2.45) is 5.92 Å². The van der Waals surface area contributed by atoms with Crippen LogP contribution in [-0.4, -0.2) is 204 Å². The van der Waals surface area contributed by atoms with E-state index in [0.29, 0.717) is 18.8 Å².